The molecule has 21 heavy (non-hydrogen) atoms. The van der Waals surface area contributed by atoms with Gasteiger partial charge in [0, 0.05) is 19.7 Å². The Hall–Kier alpha value is -0.650. The van der Waals surface area contributed by atoms with E-state index in [2.05, 4.69) is 17.1 Å². The number of likely N-dealkylation sites (N-methyl/N-ethyl adjacent to an activating group) is 1. The Morgan fingerprint density at radius 1 is 1.24 bits per heavy atom. The second kappa shape index (κ2) is 6.63. The monoisotopic (exact) mass is 295 g/mol. The van der Waals surface area contributed by atoms with Gasteiger partial charge in [-0.25, -0.2) is 0 Å². The van der Waals surface area contributed by atoms with Crippen LogP contribution in [0.2, 0.25) is 0 Å². The summed E-state index contributed by atoms with van der Waals surface area (Å²) in [6.45, 7) is 6.13. The minimum atomic E-state index is 0.103. The molecule has 0 aromatic carbocycles. The van der Waals surface area contributed by atoms with Crippen LogP contribution in [0.15, 0.2) is 0 Å². The van der Waals surface area contributed by atoms with Crippen LogP contribution < -0.4 is 5.32 Å². The fourth-order valence-corrected chi connectivity index (χ4v) is 4.26. The van der Waals surface area contributed by atoms with Crippen molar-refractivity contribution >= 4 is 5.91 Å². The fourth-order valence-electron chi connectivity index (χ4n) is 4.26. The lowest BCUT2D eigenvalue weighted by Crippen LogP contribution is -2.53. The van der Waals surface area contributed by atoms with Crippen molar-refractivity contribution in [1.82, 2.24) is 15.1 Å². The summed E-state index contributed by atoms with van der Waals surface area (Å²) in [7, 11) is 1.97. The number of likely N-dealkylation sites (tertiary alicyclic amines) is 1. The van der Waals surface area contributed by atoms with E-state index < -0.39 is 0 Å². The van der Waals surface area contributed by atoms with E-state index >= 15 is 0 Å². The third-order valence-corrected chi connectivity index (χ3v) is 5.54. The number of carbonyl (C=O) groups excluding carboxylic acids is 1. The van der Waals surface area contributed by atoms with Crippen LogP contribution in [-0.4, -0.2) is 73.2 Å². The second-order valence-electron chi connectivity index (χ2n) is 6.76. The van der Waals surface area contributed by atoms with Gasteiger partial charge in [0.05, 0.1) is 18.2 Å². The van der Waals surface area contributed by atoms with E-state index in [9.17, 15) is 4.79 Å². The van der Waals surface area contributed by atoms with Gasteiger partial charge in [0.15, 0.2) is 0 Å². The van der Waals surface area contributed by atoms with Crippen LogP contribution in [-0.2, 0) is 9.53 Å². The minimum absolute atomic E-state index is 0.103. The molecule has 0 aromatic heterocycles. The molecule has 0 spiro atoms. The Balaban J connectivity index is 1.64. The number of nitrogens with zero attached hydrogens (tertiary/aromatic N) is 2. The summed E-state index contributed by atoms with van der Waals surface area (Å²) in [5.74, 6) is 0.313. The highest BCUT2D eigenvalue weighted by molar-refractivity contribution is 5.82. The number of carbonyl (C=O) groups is 1. The van der Waals surface area contributed by atoms with Gasteiger partial charge < -0.3 is 15.0 Å². The lowest BCUT2D eigenvalue weighted by molar-refractivity contribution is -0.138. The van der Waals surface area contributed by atoms with Crippen molar-refractivity contribution in [2.75, 3.05) is 33.3 Å². The van der Waals surface area contributed by atoms with Crippen LogP contribution in [0.5, 0.6) is 0 Å². The van der Waals surface area contributed by atoms with Crippen molar-refractivity contribution in [2.45, 2.75) is 63.3 Å². The third-order valence-electron chi connectivity index (χ3n) is 5.54. The van der Waals surface area contributed by atoms with Crippen molar-refractivity contribution in [3.63, 3.8) is 0 Å². The SMILES string of the molecule is CC1OCCC1N(C)C(=O)C1CCCN1C1CCNCC1. The molecule has 5 nitrogen and oxygen atoms in total. The molecule has 3 saturated heterocycles. The number of nitrogens with one attached hydrogen (secondary N) is 1. The summed E-state index contributed by atoms with van der Waals surface area (Å²) in [4.78, 5) is 17.4. The lowest BCUT2D eigenvalue weighted by Gasteiger charge is -2.38. The fraction of sp³-hybridized carbons (Fsp3) is 0.938. The average Bonchev–Trinajstić information content (AvgIpc) is 3.15. The lowest BCUT2D eigenvalue weighted by atomic mass is 10.0. The number of rotatable bonds is 3. The van der Waals surface area contributed by atoms with Crippen molar-refractivity contribution < 1.29 is 9.53 Å². The van der Waals surface area contributed by atoms with Gasteiger partial charge in [0.25, 0.3) is 0 Å². The van der Waals surface area contributed by atoms with Crippen LogP contribution in [0.1, 0.15) is 39.0 Å². The Morgan fingerprint density at radius 2 is 2.00 bits per heavy atom. The number of hydrogen-bond donors (Lipinski definition) is 1. The molecule has 120 valence electrons. The standard InChI is InChI=1S/C16H29N3O2/c1-12-14(7-11-21-12)18(2)16(20)15-4-3-10-19(15)13-5-8-17-9-6-13/h12-15,17H,3-11H2,1-2H3. The molecule has 0 aliphatic carbocycles. The molecule has 0 radical (unpaired) electrons. The molecule has 3 atom stereocenters. The first kappa shape index (κ1) is 15.3. The molecule has 3 heterocycles. The Labute approximate surface area is 128 Å². The van der Waals surface area contributed by atoms with Gasteiger partial charge >= 0.3 is 0 Å². The third kappa shape index (κ3) is 3.10. The van der Waals surface area contributed by atoms with Crippen molar-refractivity contribution in [2.24, 2.45) is 0 Å². The summed E-state index contributed by atoms with van der Waals surface area (Å²) in [6, 6.07) is 0.951. The molecule has 5 heteroatoms. The number of amides is 1. The van der Waals surface area contributed by atoms with Crippen LogP contribution in [0.3, 0.4) is 0 Å². The molecule has 0 aromatic rings. The summed E-state index contributed by atoms with van der Waals surface area (Å²) >= 11 is 0. The van der Waals surface area contributed by atoms with Crippen LogP contribution in [0.4, 0.5) is 0 Å². The van der Waals surface area contributed by atoms with Gasteiger partial charge in [-0.2, -0.15) is 0 Å². The van der Waals surface area contributed by atoms with E-state index in [4.69, 9.17) is 4.74 Å². The summed E-state index contributed by atoms with van der Waals surface area (Å²) < 4.78 is 5.63. The maximum atomic E-state index is 12.9. The van der Waals surface area contributed by atoms with Crippen LogP contribution in [0, 0.1) is 0 Å². The Bertz CT molecular complexity index is 371. The second-order valence-corrected chi connectivity index (χ2v) is 6.76. The van der Waals surface area contributed by atoms with Crippen molar-refractivity contribution in [3.05, 3.63) is 0 Å². The molecule has 3 rings (SSSR count). The van der Waals surface area contributed by atoms with Crippen molar-refractivity contribution in [1.29, 1.82) is 0 Å². The van der Waals surface area contributed by atoms with Gasteiger partial charge in [-0.05, 0) is 58.7 Å². The highest BCUT2D eigenvalue weighted by Crippen LogP contribution is 2.27. The predicted molar refractivity (Wildman–Crippen MR) is 82.2 cm³/mol. The molecule has 0 saturated carbocycles. The molecule has 3 fully saturated rings. The molecule has 1 amide bonds. The van der Waals surface area contributed by atoms with E-state index in [1.165, 1.54) is 12.8 Å². The Morgan fingerprint density at radius 3 is 2.67 bits per heavy atom. The number of hydrogen-bond acceptors (Lipinski definition) is 4. The molecule has 3 aliphatic rings. The maximum absolute atomic E-state index is 12.9. The highest BCUT2D eigenvalue weighted by Gasteiger charge is 2.40. The van der Waals surface area contributed by atoms with Gasteiger partial charge in [0.2, 0.25) is 5.91 Å². The largest absolute Gasteiger partial charge is 0.376 e. The summed E-state index contributed by atoms with van der Waals surface area (Å²) in [5, 5.41) is 3.42. The minimum Gasteiger partial charge on any atom is -0.376 e. The Kier molecular flexibility index (Phi) is 4.82. The quantitative estimate of drug-likeness (QED) is 0.838. The predicted octanol–water partition coefficient (Wildman–Crippen LogP) is 0.839. The van der Waals surface area contributed by atoms with Crippen LogP contribution >= 0.6 is 0 Å². The van der Waals surface area contributed by atoms with Crippen molar-refractivity contribution in [3.8, 4) is 0 Å². The van der Waals surface area contributed by atoms with E-state index in [0.717, 1.165) is 45.5 Å². The molecule has 1 N–H and O–H groups in total. The first-order chi connectivity index (χ1) is 10.2. The summed E-state index contributed by atoms with van der Waals surface area (Å²) in [6.07, 6.45) is 5.68. The molecular formula is C16H29N3O2. The zero-order chi connectivity index (χ0) is 14.8. The molecule has 0 bridgehead atoms. The van der Waals surface area contributed by atoms with Crippen LogP contribution in [0.25, 0.3) is 0 Å². The summed E-state index contributed by atoms with van der Waals surface area (Å²) in [5.41, 5.74) is 0. The molecule has 3 aliphatic heterocycles. The first-order valence-corrected chi connectivity index (χ1v) is 8.53. The average molecular weight is 295 g/mol. The van der Waals surface area contributed by atoms with Gasteiger partial charge in [-0.3, -0.25) is 9.69 Å². The highest BCUT2D eigenvalue weighted by atomic mass is 16.5. The molecular weight excluding hydrogens is 266 g/mol. The smallest absolute Gasteiger partial charge is 0.240 e. The maximum Gasteiger partial charge on any atom is 0.240 e. The van der Waals surface area contributed by atoms with E-state index in [-0.39, 0.29) is 18.2 Å². The normalized spacial score (nSPS) is 35.2. The molecule has 3 unspecified atom stereocenters. The number of piperidine rings is 1. The van der Waals surface area contributed by atoms with E-state index in [1.54, 1.807) is 0 Å². The first-order valence-electron chi connectivity index (χ1n) is 8.53. The topological polar surface area (TPSA) is 44.8 Å². The number of ether oxygens (including phenoxy) is 1. The van der Waals surface area contributed by atoms with E-state index in [0.29, 0.717) is 11.9 Å². The zero-order valence-corrected chi connectivity index (χ0v) is 13.4. The van der Waals surface area contributed by atoms with Gasteiger partial charge in [-0.1, -0.05) is 0 Å². The van der Waals surface area contributed by atoms with Gasteiger partial charge in [-0.15, -0.1) is 0 Å². The zero-order valence-electron chi connectivity index (χ0n) is 13.4. The van der Waals surface area contributed by atoms with E-state index in [1.807, 2.05) is 11.9 Å². The van der Waals surface area contributed by atoms with Gasteiger partial charge in [0.1, 0.15) is 0 Å².